The predicted molar refractivity (Wildman–Crippen MR) is 103 cm³/mol. The van der Waals surface area contributed by atoms with Crippen LogP contribution >= 0.6 is 11.3 Å². The van der Waals surface area contributed by atoms with Crippen molar-refractivity contribution in [3.63, 3.8) is 0 Å². The molecular weight excluding hydrogens is 314 g/mol. The predicted octanol–water partition coefficient (Wildman–Crippen LogP) is 5.41. The minimum atomic E-state index is 0.783. The highest BCUT2D eigenvalue weighted by Crippen LogP contribution is 2.30. The molecule has 116 valence electrons. The van der Waals surface area contributed by atoms with Gasteiger partial charge in [0.15, 0.2) is 0 Å². The molecule has 0 spiro atoms. The molecule has 3 nitrogen and oxygen atoms in total. The zero-order valence-electron chi connectivity index (χ0n) is 12.9. The molecule has 0 atom stereocenters. The summed E-state index contributed by atoms with van der Waals surface area (Å²) in [5, 5.41) is 9.53. The number of nitrogens with zero attached hydrogens (tertiary/aromatic N) is 2. The number of hydrazone groups is 1. The Morgan fingerprint density at radius 3 is 2.58 bits per heavy atom. The normalized spacial score (nSPS) is 11.2. The lowest BCUT2D eigenvalue weighted by atomic mass is 10.0. The molecule has 4 aromatic rings. The van der Waals surface area contributed by atoms with Gasteiger partial charge in [0.2, 0.25) is 5.13 Å². The Kier molecular flexibility index (Phi) is 4.04. The molecule has 0 aliphatic heterocycles. The van der Waals surface area contributed by atoms with E-state index < -0.39 is 0 Å². The molecule has 0 aliphatic carbocycles. The summed E-state index contributed by atoms with van der Waals surface area (Å²) in [6, 6.07) is 24.6. The van der Waals surface area contributed by atoms with E-state index in [2.05, 4.69) is 63.4 Å². The number of thiazole rings is 1. The second-order valence-corrected chi connectivity index (χ2v) is 6.20. The van der Waals surface area contributed by atoms with Gasteiger partial charge in [0.25, 0.3) is 0 Å². The number of benzene rings is 3. The van der Waals surface area contributed by atoms with Crippen molar-refractivity contribution in [2.45, 2.75) is 0 Å². The molecule has 1 aromatic heterocycles. The minimum absolute atomic E-state index is 0.783. The molecule has 0 amide bonds. The third-order valence-electron chi connectivity index (χ3n) is 3.74. The van der Waals surface area contributed by atoms with E-state index in [0.29, 0.717) is 0 Å². The van der Waals surface area contributed by atoms with Crippen LogP contribution in [-0.4, -0.2) is 11.2 Å². The highest BCUT2D eigenvalue weighted by molar-refractivity contribution is 7.14. The van der Waals surface area contributed by atoms with Gasteiger partial charge >= 0.3 is 0 Å². The van der Waals surface area contributed by atoms with Crippen molar-refractivity contribution in [3.05, 3.63) is 83.7 Å². The van der Waals surface area contributed by atoms with Crippen molar-refractivity contribution in [2.75, 3.05) is 5.43 Å². The van der Waals surface area contributed by atoms with Crippen LogP contribution in [0.15, 0.2) is 83.3 Å². The van der Waals surface area contributed by atoms with E-state index in [9.17, 15) is 0 Å². The summed E-state index contributed by atoms with van der Waals surface area (Å²) in [7, 11) is 0. The quantitative estimate of drug-likeness (QED) is 0.401. The van der Waals surface area contributed by atoms with Gasteiger partial charge < -0.3 is 0 Å². The van der Waals surface area contributed by atoms with E-state index in [1.54, 1.807) is 17.6 Å². The molecule has 1 heterocycles. The average Bonchev–Trinajstić information content (AvgIpc) is 3.11. The van der Waals surface area contributed by atoms with Crippen LogP contribution in [0.5, 0.6) is 0 Å². The maximum Gasteiger partial charge on any atom is 0.203 e. The van der Waals surface area contributed by atoms with Gasteiger partial charge in [-0.3, -0.25) is 5.43 Å². The van der Waals surface area contributed by atoms with Crippen LogP contribution in [0.25, 0.3) is 22.0 Å². The molecule has 0 aliphatic rings. The fraction of sp³-hybridized carbons (Fsp3) is 0. The summed E-state index contributed by atoms with van der Waals surface area (Å²) in [6.45, 7) is 0. The van der Waals surface area contributed by atoms with Crippen LogP contribution in [0.3, 0.4) is 0 Å². The topological polar surface area (TPSA) is 37.3 Å². The molecule has 0 saturated carbocycles. The third kappa shape index (κ3) is 3.05. The average molecular weight is 329 g/mol. The Labute approximate surface area is 144 Å². The van der Waals surface area contributed by atoms with E-state index in [-0.39, 0.29) is 0 Å². The lowest BCUT2D eigenvalue weighted by Gasteiger charge is -2.03. The van der Waals surface area contributed by atoms with E-state index >= 15 is 0 Å². The third-order valence-corrected chi connectivity index (χ3v) is 4.49. The maximum absolute atomic E-state index is 4.66. The summed E-state index contributed by atoms with van der Waals surface area (Å²) in [4.78, 5) is 4.66. The van der Waals surface area contributed by atoms with Gasteiger partial charge in [-0.1, -0.05) is 72.8 Å². The number of anilines is 1. The fourth-order valence-electron chi connectivity index (χ4n) is 2.60. The van der Waals surface area contributed by atoms with Gasteiger partial charge in [-0.15, -0.1) is 11.3 Å². The Morgan fingerprint density at radius 1 is 0.875 bits per heavy atom. The van der Waals surface area contributed by atoms with E-state index in [0.717, 1.165) is 22.0 Å². The Bertz CT molecular complexity index is 985. The smallest absolute Gasteiger partial charge is 0.203 e. The number of nitrogens with one attached hydrogen (secondary N) is 1. The summed E-state index contributed by atoms with van der Waals surface area (Å²) in [5.41, 5.74) is 6.17. The maximum atomic E-state index is 4.66. The van der Waals surface area contributed by atoms with Gasteiger partial charge in [0.1, 0.15) is 0 Å². The van der Waals surface area contributed by atoms with Gasteiger partial charge in [0, 0.05) is 10.9 Å². The lowest BCUT2D eigenvalue weighted by molar-refractivity contribution is 1.29. The van der Waals surface area contributed by atoms with Crippen molar-refractivity contribution in [1.82, 2.24) is 4.98 Å². The molecule has 0 bridgehead atoms. The summed E-state index contributed by atoms with van der Waals surface area (Å²) < 4.78 is 0. The van der Waals surface area contributed by atoms with Crippen LogP contribution < -0.4 is 5.43 Å². The molecule has 3 aromatic carbocycles. The van der Waals surface area contributed by atoms with Crippen LogP contribution in [0.2, 0.25) is 0 Å². The van der Waals surface area contributed by atoms with Crippen LogP contribution in [-0.2, 0) is 0 Å². The molecule has 24 heavy (non-hydrogen) atoms. The van der Waals surface area contributed by atoms with Crippen molar-refractivity contribution in [1.29, 1.82) is 0 Å². The van der Waals surface area contributed by atoms with Crippen LogP contribution in [0, 0.1) is 0 Å². The number of hydrogen-bond donors (Lipinski definition) is 1. The highest BCUT2D eigenvalue weighted by Gasteiger charge is 2.07. The first-order valence-electron chi connectivity index (χ1n) is 7.68. The fourth-order valence-corrected chi connectivity index (χ4v) is 3.26. The first-order chi connectivity index (χ1) is 11.9. The van der Waals surface area contributed by atoms with Crippen LogP contribution in [0.1, 0.15) is 5.56 Å². The Hall–Kier alpha value is -2.98. The zero-order valence-corrected chi connectivity index (χ0v) is 13.7. The Balaban J connectivity index is 1.57. The molecule has 0 fully saturated rings. The minimum Gasteiger partial charge on any atom is -0.253 e. The number of hydrogen-bond acceptors (Lipinski definition) is 4. The molecule has 1 N–H and O–H groups in total. The van der Waals surface area contributed by atoms with Crippen molar-refractivity contribution in [3.8, 4) is 11.3 Å². The van der Waals surface area contributed by atoms with Gasteiger partial charge in [-0.05, 0) is 16.3 Å². The molecule has 0 saturated heterocycles. The van der Waals surface area contributed by atoms with E-state index in [1.165, 1.54) is 10.8 Å². The second kappa shape index (κ2) is 6.64. The number of rotatable bonds is 4. The summed E-state index contributed by atoms with van der Waals surface area (Å²) >= 11 is 1.55. The standard InChI is InChI=1S/C20H15N3S/c1-2-7-15(8-3-1)13-21-23-20-22-19(14-24-20)18-12-6-10-16-9-4-5-11-17(16)18/h1-14H,(H,22,23)/b21-13-. The molecule has 4 heteroatoms. The highest BCUT2D eigenvalue weighted by atomic mass is 32.1. The molecule has 0 radical (unpaired) electrons. The summed E-state index contributed by atoms with van der Waals surface area (Å²) in [6.07, 6.45) is 1.79. The monoisotopic (exact) mass is 329 g/mol. The van der Waals surface area contributed by atoms with Gasteiger partial charge in [-0.25, -0.2) is 4.98 Å². The van der Waals surface area contributed by atoms with Crippen molar-refractivity contribution in [2.24, 2.45) is 5.10 Å². The van der Waals surface area contributed by atoms with Gasteiger partial charge in [0.05, 0.1) is 11.9 Å². The molecule has 4 rings (SSSR count). The SMILES string of the molecule is C(=N/Nc1nc(-c2cccc3ccccc23)cs1)/c1ccccc1. The number of aromatic nitrogens is 1. The lowest BCUT2D eigenvalue weighted by Crippen LogP contribution is -1.90. The van der Waals surface area contributed by atoms with Crippen molar-refractivity contribution < 1.29 is 0 Å². The van der Waals surface area contributed by atoms with Gasteiger partial charge in [-0.2, -0.15) is 5.10 Å². The first-order valence-corrected chi connectivity index (χ1v) is 8.56. The Morgan fingerprint density at radius 2 is 1.67 bits per heavy atom. The van der Waals surface area contributed by atoms with E-state index in [1.807, 2.05) is 30.3 Å². The molecule has 0 unspecified atom stereocenters. The largest absolute Gasteiger partial charge is 0.253 e. The molecular formula is C20H15N3S. The van der Waals surface area contributed by atoms with Crippen LogP contribution in [0.4, 0.5) is 5.13 Å². The second-order valence-electron chi connectivity index (χ2n) is 5.35. The zero-order chi connectivity index (χ0) is 16.2. The van der Waals surface area contributed by atoms with E-state index in [4.69, 9.17) is 0 Å². The number of fused-ring (bicyclic) bond motifs is 1. The van der Waals surface area contributed by atoms with Crippen molar-refractivity contribution >= 4 is 33.5 Å². The first kappa shape index (κ1) is 14.6. The summed E-state index contributed by atoms with van der Waals surface area (Å²) in [5.74, 6) is 0.